The van der Waals surface area contributed by atoms with Gasteiger partial charge in [-0.15, -0.1) is 0 Å². The molecule has 0 saturated heterocycles. The van der Waals surface area contributed by atoms with Crippen molar-refractivity contribution in [2.75, 3.05) is 5.43 Å². The van der Waals surface area contributed by atoms with Gasteiger partial charge < -0.3 is 0 Å². The van der Waals surface area contributed by atoms with Gasteiger partial charge in [-0.25, -0.2) is 0 Å². The summed E-state index contributed by atoms with van der Waals surface area (Å²) >= 11 is 0. The number of unbranched alkanes of at least 4 members (excludes halogenated alkanes) is 6. The number of hydrogen-bond donors (Lipinski definition) is 1. The minimum absolute atomic E-state index is 0.124. The molecular formula is C22H28N4O4. The van der Waals surface area contributed by atoms with E-state index in [9.17, 15) is 20.2 Å². The standard InChI is InChI=1S/C22H28N4O4/c1-2-3-4-5-6-7-11-14-20(18-12-9-8-10-13-18)23-24-21-16-15-19(25(27)28)17-22(21)26(29)30/h8-10,12-13,15-17,24H,2-7,11,14H2,1H3. The molecule has 0 saturated carbocycles. The molecule has 0 heterocycles. The van der Waals surface area contributed by atoms with E-state index in [-0.39, 0.29) is 17.1 Å². The zero-order valence-electron chi connectivity index (χ0n) is 17.3. The van der Waals surface area contributed by atoms with E-state index in [1.165, 1.54) is 44.2 Å². The maximum atomic E-state index is 11.3. The monoisotopic (exact) mass is 412 g/mol. The predicted octanol–water partition coefficient (Wildman–Crippen LogP) is 6.46. The Morgan fingerprint density at radius 2 is 1.57 bits per heavy atom. The minimum Gasteiger partial charge on any atom is -0.271 e. The molecule has 0 unspecified atom stereocenters. The molecule has 0 radical (unpaired) electrons. The van der Waals surface area contributed by atoms with E-state index >= 15 is 0 Å². The fraction of sp³-hybridized carbons (Fsp3) is 0.409. The van der Waals surface area contributed by atoms with Crippen LogP contribution in [0.4, 0.5) is 17.1 Å². The Bertz CT molecular complexity index is 869. The third kappa shape index (κ3) is 7.27. The summed E-state index contributed by atoms with van der Waals surface area (Å²) in [5, 5.41) is 26.6. The molecule has 0 atom stereocenters. The fourth-order valence-corrected chi connectivity index (χ4v) is 3.15. The van der Waals surface area contributed by atoms with Crippen LogP contribution >= 0.6 is 0 Å². The van der Waals surface area contributed by atoms with Crippen molar-refractivity contribution in [1.29, 1.82) is 0 Å². The molecule has 8 nitrogen and oxygen atoms in total. The molecule has 1 N–H and O–H groups in total. The van der Waals surface area contributed by atoms with Crippen molar-refractivity contribution in [3.05, 3.63) is 74.3 Å². The average molecular weight is 412 g/mol. The first-order valence-corrected chi connectivity index (χ1v) is 10.3. The second kappa shape index (κ2) is 12.3. The Hall–Kier alpha value is -3.29. The van der Waals surface area contributed by atoms with E-state index in [1.807, 2.05) is 30.3 Å². The van der Waals surface area contributed by atoms with E-state index in [2.05, 4.69) is 17.5 Å². The number of benzene rings is 2. The first kappa shape index (κ1) is 23.0. The van der Waals surface area contributed by atoms with E-state index < -0.39 is 9.85 Å². The Balaban J connectivity index is 2.11. The number of non-ortho nitro benzene ring substituents is 1. The Morgan fingerprint density at radius 3 is 2.20 bits per heavy atom. The molecule has 2 rings (SSSR count). The van der Waals surface area contributed by atoms with Gasteiger partial charge >= 0.3 is 5.69 Å². The topological polar surface area (TPSA) is 111 Å². The molecule has 8 heteroatoms. The number of nitrogens with zero attached hydrogens (tertiary/aromatic N) is 3. The lowest BCUT2D eigenvalue weighted by Gasteiger charge is -2.09. The van der Waals surface area contributed by atoms with Crippen LogP contribution in [0.1, 0.15) is 63.9 Å². The summed E-state index contributed by atoms with van der Waals surface area (Å²) in [7, 11) is 0. The van der Waals surface area contributed by atoms with Gasteiger partial charge in [-0.3, -0.25) is 25.7 Å². The van der Waals surface area contributed by atoms with Crippen LogP contribution < -0.4 is 5.43 Å². The van der Waals surface area contributed by atoms with Gasteiger partial charge in [0.1, 0.15) is 5.69 Å². The molecule has 0 aromatic heterocycles. The summed E-state index contributed by atoms with van der Waals surface area (Å²) in [5.74, 6) is 0. The van der Waals surface area contributed by atoms with Crippen LogP contribution in [0.15, 0.2) is 53.6 Å². The zero-order chi connectivity index (χ0) is 21.8. The van der Waals surface area contributed by atoms with Crippen molar-refractivity contribution in [3.8, 4) is 0 Å². The Kier molecular flexibility index (Phi) is 9.44. The highest BCUT2D eigenvalue weighted by Gasteiger charge is 2.19. The van der Waals surface area contributed by atoms with Gasteiger partial charge in [-0.1, -0.05) is 75.8 Å². The van der Waals surface area contributed by atoms with Crippen molar-refractivity contribution >= 4 is 22.8 Å². The highest BCUT2D eigenvalue weighted by atomic mass is 16.6. The van der Waals surface area contributed by atoms with Gasteiger partial charge in [-0.2, -0.15) is 5.10 Å². The van der Waals surface area contributed by atoms with Crippen molar-refractivity contribution < 1.29 is 9.85 Å². The SMILES string of the molecule is CCCCCCCCCC(=NNc1ccc([N+](=O)[O-])cc1[N+](=O)[O-])c1ccccc1. The molecule has 2 aromatic carbocycles. The van der Waals surface area contributed by atoms with E-state index in [1.54, 1.807) is 0 Å². The molecule has 0 fully saturated rings. The Morgan fingerprint density at radius 1 is 0.900 bits per heavy atom. The van der Waals surface area contributed by atoms with E-state index in [4.69, 9.17) is 0 Å². The van der Waals surface area contributed by atoms with Gasteiger partial charge in [0.15, 0.2) is 0 Å². The summed E-state index contributed by atoms with van der Waals surface area (Å²) in [4.78, 5) is 20.9. The number of nitro benzene ring substituents is 2. The highest BCUT2D eigenvalue weighted by molar-refractivity contribution is 6.01. The fourth-order valence-electron chi connectivity index (χ4n) is 3.15. The van der Waals surface area contributed by atoms with Crippen molar-refractivity contribution in [2.45, 2.75) is 58.3 Å². The second-order valence-corrected chi connectivity index (χ2v) is 7.12. The number of nitro groups is 2. The molecule has 160 valence electrons. The van der Waals surface area contributed by atoms with Gasteiger partial charge in [0.05, 0.1) is 21.6 Å². The second-order valence-electron chi connectivity index (χ2n) is 7.12. The zero-order valence-corrected chi connectivity index (χ0v) is 17.3. The predicted molar refractivity (Wildman–Crippen MR) is 119 cm³/mol. The molecule has 0 spiro atoms. The smallest absolute Gasteiger partial charge is 0.271 e. The largest absolute Gasteiger partial charge is 0.301 e. The maximum Gasteiger partial charge on any atom is 0.301 e. The molecule has 0 aliphatic heterocycles. The molecular weight excluding hydrogens is 384 g/mol. The van der Waals surface area contributed by atoms with Crippen LogP contribution in [0.2, 0.25) is 0 Å². The number of anilines is 1. The van der Waals surface area contributed by atoms with Crippen LogP contribution in [0, 0.1) is 20.2 Å². The average Bonchev–Trinajstić information content (AvgIpc) is 2.75. The molecule has 0 aliphatic rings. The van der Waals surface area contributed by atoms with E-state index in [0.717, 1.165) is 36.6 Å². The third-order valence-corrected chi connectivity index (χ3v) is 4.82. The molecule has 30 heavy (non-hydrogen) atoms. The summed E-state index contributed by atoms with van der Waals surface area (Å²) in [6.45, 7) is 2.20. The number of hydrazone groups is 1. The molecule has 0 aliphatic carbocycles. The lowest BCUT2D eigenvalue weighted by molar-refractivity contribution is -0.393. The van der Waals surface area contributed by atoms with Gasteiger partial charge in [0, 0.05) is 6.07 Å². The van der Waals surface area contributed by atoms with Crippen molar-refractivity contribution in [1.82, 2.24) is 0 Å². The van der Waals surface area contributed by atoms with Gasteiger partial charge in [0.2, 0.25) is 0 Å². The lowest BCUT2D eigenvalue weighted by Crippen LogP contribution is -2.06. The first-order valence-electron chi connectivity index (χ1n) is 10.3. The minimum atomic E-state index is -0.657. The first-order chi connectivity index (χ1) is 14.5. The van der Waals surface area contributed by atoms with Gasteiger partial charge in [0.25, 0.3) is 5.69 Å². The lowest BCUT2D eigenvalue weighted by atomic mass is 10.0. The Labute approximate surface area is 176 Å². The van der Waals surface area contributed by atoms with Crippen molar-refractivity contribution in [3.63, 3.8) is 0 Å². The third-order valence-electron chi connectivity index (χ3n) is 4.82. The highest BCUT2D eigenvalue weighted by Crippen LogP contribution is 2.29. The van der Waals surface area contributed by atoms with Crippen LogP contribution in [-0.4, -0.2) is 15.6 Å². The van der Waals surface area contributed by atoms with Crippen LogP contribution in [0.25, 0.3) is 0 Å². The molecule has 0 bridgehead atoms. The number of hydrogen-bond acceptors (Lipinski definition) is 6. The molecule has 0 amide bonds. The van der Waals surface area contributed by atoms with E-state index in [0.29, 0.717) is 0 Å². The van der Waals surface area contributed by atoms with Crippen molar-refractivity contribution in [2.24, 2.45) is 5.10 Å². The molecule has 2 aromatic rings. The normalized spacial score (nSPS) is 11.3. The maximum absolute atomic E-state index is 11.3. The quantitative estimate of drug-likeness (QED) is 0.176. The van der Waals surface area contributed by atoms with Crippen LogP contribution in [0.5, 0.6) is 0 Å². The number of nitrogens with one attached hydrogen (secondary N) is 1. The summed E-state index contributed by atoms with van der Waals surface area (Å²) in [6, 6.07) is 13.1. The van der Waals surface area contributed by atoms with Crippen LogP contribution in [-0.2, 0) is 0 Å². The summed E-state index contributed by atoms with van der Waals surface area (Å²) in [5.41, 5.74) is 3.91. The van der Waals surface area contributed by atoms with Gasteiger partial charge in [-0.05, 0) is 24.5 Å². The number of rotatable bonds is 13. The summed E-state index contributed by atoms with van der Waals surface area (Å²) in [6.07, 6.45) is 9.01. The van der Waals surface area contributed by atoms with Crippen LogP contribution in [0.3, 0.4) is 0 Å². The summed E-state index contributed by atoms with van der Waals surface area (Å²) < 4.78 is 0.